The summed E-state index contributed by atoms with van der Waals surface area (Å²) in [6.07, 6.45) is 0. The highest BCUT2D eigenvalue weighted by Gasteiger charge is 2.25. The molecule has 0 atom stereocenters. The number of hydrogen-bond donors (Lipinski definition) is 0. The quantitative estimate of drug-likeness (QED) is 0.460. The molecule has 11 heavy (non-hydrogen) atoms. The largest absolute Gasteiger partial charge is 0.301 e. The summed E-state index contributed by atoms with van der Waals surface area (Å²) in [5, 5.41) is 1.44. The van der Waals surface area contributed by atoms with Crippen LogP contribution in [0, 0.1) is 0 Å². The Morgan fingerprint density at radius 2 is 2.00 bits per heavy atom. The van der Waals surface area contributed by atoms with Crippen molar-refractivity contribution < 1.29 is 0 Å². The van der Waals surface area contributed by atoms with Crippen LogP contribution in [0.25, 0.3) is 0 Å². The summed E-state index contributed by atoms with van der Waals surface area (Å²) in [7, 11) is -1.04. The van der Waals surface area contributed by atoms with Gasteiger partial charge in [0, 0.05) is 13.1 Å². The molecule has 0 bridgehead atoms. The van der Waals surface area contributed by atoms with Gasteiger partial charge < -0.3 is 4.90 Å². The maximum absolute atomic E-state index is 4.07. The minimum Gasteiger partial charge on any atom is -0.301 e. The van der Waals surface area contributed by atoms with Crippen molar-refractivity contribution in [1.82, 2.24) is 4.90 Å². The van der Waals surface area contributed by atoms with E-state index < -0.39 is 8.07 Å². The standard InChI is InChI=1S/C9H19NSi/c1-9(2)11(3,4)8-7-10-5-6-10/h1,5-8H2,2-4H3. The third-order valence-electron chi connectivity index (χ3n) is 2.75. The van der Waals surface area contributed by atoms with Gasteiger partial charge in [0.15, 0.2) is 0 Å². The lowest BCUT2D eigenvalue weighted by Crippen LogP contribution is -2.29. The fraction of sp³-hybridized carbons (Fsp3) is 0.778. The Hall–Kier alpha value is -0.0831. The highest BCUT2D eigenvalue weighted by molar-refractivity contribution is 6.84. The van der Waals surface area contributed by atoms with Gasteiger partial charge in [-0.25, -0.2) is 0 Å². The van der Waals surface area contributed by atoms with Crippen molar-refractivity contribution in [3.8, 4) is 0 Å². The Morgan fingerprint density at radius 3 is 2.36 bits per heavy atom. The van der Waals surface area contributed by atoms with E-state index >= 15 is 0 Å². The molecule has 1 rings (SSSR count). The SMILES string of the molecule is C=C(C)[Si](C)(C)CCN1CC1. The smallest absolute Gasteiger partial charge is 0.0755 e. The molecule has 1 saturated heterocycles. The summed E-state index contributed by atoms with van der Waals surface area (Å²) >= 11 is 0. The summed E-state index contributed by atoms with van der Waals surface area (Å²) in [4.78, 5) is 2.50. The second-order valence-corrected chi connectivity index (χ2v) is 9.38. The topological polar surface area (TPSA) is 3.01 Å². The van der Waals surface area contributed by atoms with Gasteiger partial charge in [-0.05, 0) is 19.5 Å². The van der Waals surface area contributed by atoms with Gasteiger partial charge in [0.05, 0.1) is 8.07 Å². The van der Waals surface area contributed by atoms with Crippen molar-refractivity contribution in [3.05, 3.63) is 11.8 Å². The zero-order chi connectivity index (χ0) is 8.48. The second-order valence-electron chi connectivity index (χ2n) is 4.26. The predicted octanol–water partition coefficient (Wildman–Crippen LogP) is 2.13. The second kappa shape index (κ2) is 3.11. The van der Waals surface area contributed by atoms with Crippen LogP contribution < -0.4 is 0 Å². The molecule has 0 spiro atoms. The van der Waals surface area contributed by atoms with Crippen LogP contribution in [-0.4, -0.2) is 32.6 Å². The molecule has 0 aromatic carbocycles. The van der Waals surface area contributed by atoms with Gasteiger partial charge in [-0.2, -0.15) is 0 Å². The van der Waals surface area contributed by atoms with Gasteiger partial charge in [-0.3, -0.25) is 0 Å². The number of rotatable bonds is 4. The minimum atomic E-state index is -1.04. The summed E-state index contributed by atoms with van der Waals surface area (Å²) in [5.74, 6) is 0. The molecule has 1 aliphatic heterocycles. The van der Waals surface area contributed by atoms with E-state index in [2.05, 4.69) is 31.5 Å². The van der Waals surface area contributed by atoms with E-state index in [-0.39, 0.29) is 0 Å². The van der Waals surface area contributed by atoms with Crippen LogP contribution in [0.15, 0.2) is 11.8 Å². The van der Waals surface area contributed by atoms with Gasteiger partial charge in [0.25, 0.3) is 0 Å². The minimum absolute atomic E-state index is 1.04. The monoisotopic (exact) mass is 169 g/mol. The Morgan fingerprint density at radius 1 is 1.45 bits per heavy atom. The first kappa shape index (κ1) is 9.01. The molecule has 0 radical (unpaired) electrons. The van der Waals surface area contributed by atoms with Crippen LogP contribution in [0.1, 0.15) is 6.92 Å². The molecule has 2 heteroatoms. The van der Waals surface area contributed by atoms with Crippen molar-refractivity contribution in [2.45, 2.75) is 26.1 Å². The lowest BCUT2D eigenvalue weighted by molar-refractivity contribution is 0.590. The maximum Gasteiger partial charge on any atom is 0.0755 e. The number of hydrogen-bond acceptors (Lipinski definition) is 1. The van der Waals surface area contributed by atoms with E-state index in [4.69, 9.17) is 0 Å². The Kier molecular flexibility index (Phi) is 2.55. The van der Waals surface area contributed by atoms with Crippen LogP contribution in [0.3, 0.4) is 0 Å². The molecule has 0 amide bonds. The Labute approximate surface area is 71.1 Å². The molecule has 0 N–H and O–H groups in total. The van der Waals surface area contributed by atoms with E-state index in [1.165, 1.54) is 30.9 Å². The van der Waals surface area contributed by atoms with Gasteiger partial charge in [0.1, 0.15) is 0 Å². The van der Waals surface area contributed by atoms with E-state index in [1.54, 1.807) is 0 Å². The third kappa shape index (κ3) is 2.79. The van der Waals surface area contributed by atoms with E-state index in [1.807, 2.05) is 0 Å². The summed E-state index contributed by atoms with van der Waals surface area (Å²) in [5.41, 5.74) is 0. The molecule has 1 fully saturated rings. The van der Waals surface area contributed by atoms with Crippen molar-refractivity contribution in [2.24, 2.45) is 0 Å². The third-order valence-corrected chi connectivity index (χ3v) is 6.53. The lowest BCUT2D eigenvalue weighted by Gasteiger charge is -2.22. The average Bonchev–Trinajstić information content (AvgIpc) is 2.65. The first-order valence-corrected chi connectivity index (χ1v) is 7.61. The van der Waals surface area contributed by atoms with Crippen LogP contribution in [-0.2, 0) is 0 Å². The average molecular weight is 169 g/mol. The van der Waals surface area contributed by atoms with Crippen LogP contribution in [0.2, 0.25) is 19.1 Å². The van der Waals surface area contributed by atoms with Gasteiger partial charge in [-0.15, -0.1) is 6.58 Å². The Bertz CT molecular complexity index is 159. The van der Waals surface area contributed by atoms with Crippen molar-refractivity contribution in [2.75, 3.05) is 19.6 Å². The molecule has 0 aromatic heterocycles. The van der Waals surface area contributed by atoms with Gasteiger partial charge >= 0.3 is 0 Å². The van der Waals surface area contributed by atoms with E-state index in [0.29, 0.717) is 0 Å². The first-order chi connectivity index (χ1) is 5.02. The lowest BCUT2D eigenvalue weighted by atomic mass is 10.7. The van der Waals surface area contributed by atoms with E-state index in [9.17, 15) is 0 Å². The Balaban J connectivity index is 2.26. The molecule has 1 aliphatic rings. The molecule has 0 unspecified atom stereocenters. The molecule has 64 valence electrons. The normalized spacial score (nSPS) is 18.5. The summed E-state index contributed by atoms with van der Waals surface area (Å²) in [6, 6.07) is 1.39. The molecule has 1 nitrogen and oxygen atoms in total. The van der Waals surface area contributed by atoms with Gasteiger partial charge in [-0.1, -0.05) is 18.3 Å². The highest BCUT2D eigenvalue weighted by Crippen LogP contribution is 2.19. The van der Waals surface area contributed by atoms with E-state index in [0.717, 1.165) is 0 Å². The molecule has 0 aliphatic carbocycles. The fourth-order valence-corrected chi connectivity index (χ4v) is 2.25. The molecular weight excluding hydrogens is 150 g/mol. The van der Waals surface area contributed by atoms with Crippen molar-refractivity contribution in [1.29, 1.82) is 0 Å². The maximum atomic E-state index is 4.07. The molecular formula is C9H19NSi. The van der Waals surface area contributed by atoms with Crippen molar-refractivity contribution >= 4 is 8.07 Å². The van der Waals surface area contributed by atoms with Crippen LogP contribution >= 0.6 is 0 Å². The molecule has 0 saturated carbocycles. The van der Waals surface area contributed by atoms with Crippen LogP contribution in [0.5, 0.6) is 0 Å². The number of nitrogens with zero attached hydrogens (tertiary/aromatic N) is 1. The van der Waals surface area contributed by atoms with Gasteiger partial charge in [0.2, 0.25) is 0 Å². The fourth-order valence-electron chi connectivity index (χ4n) is 0.945. The van der Waals surface area contributed by atoms with Crippen LogP contribution in [0.4, 0.5) is 0 Å². The molecule has 0 aromatic rings. The summed E-state index contributed by atoms with van der Waals surface area (Å²) < 4.78 is 0. The highest BCUT2D eigenvalue weighted by atomic mass is 28.3. The van der Waals surface area contributed by atoms with Crippen molar-refractivity contribution in [3.63, 3.8) is 0 Å². The summed E-state index contributed by atoms with van der Waals surface area (Å²) in [6.45, 7) is 15.1. The predicted molar refractivity (Wildman–Crippen MR) is 53.5 cm³/mol. The first-order valence-electron chi connectivity index (χ1n) is 4.41. The molecule has 1 heterocycles. The zero-order valence-electron chi connectivity index (χ0n) is 7.98. The zero-order valence-corrected chi connectivity index (χ0v) is 8.98. The number of allylic oxidation sites excluding steroid dienone is 1.